The minimum absolute atomic E-state index is 0.0236. The maximum Gasteiger partial charge on any atom is 0.253 e. The molecule has 0 radical (unpaired) electrons. The van der Waals surface area contributed by atoms with E-state index in [-0.39, 0.29) is 18.4 Å². The van der Waals surface area contributed by atoms with Crippen molar-refractivity contribution in [2.75, 3.05) is 32.0 Å². The number of carbonyl (C=O) groups is 2. The van der Waals surface area contributed by atoms with E-state index in [2.05, 4.69) is 35.6 Å². The Kier molecular flexibility index (Phi) is 7.20. The van der Waals surface area contributed by atoms with Crippen molar-refractivity contribution in [3.05, 3.63) is 77.9 Å². The van der Waals surface area contributed by atoms with Crippen molar-refractivity contribution in [2.24, 2.45) is 0 Å². The predicted octanol–water partition coefficient (Wildman–Crippen LogP) is 4.39. The fraction of sp³-hybridized carbons (Fsp3) is 0.280. The Morgan fingerprint density at radius 1 is 0.867 bits per heavy atom. The second-order valence-corrected chi connectivity index (χ2v) is 7.46. The molecule has 0 fully saturated rings. The molecule has 0 saturated heterocycles. The van der Waals surface area contributed by atoms with E-state index >= 15 is 0 Å². The van der Waals surface area contributed by atoms with Crippen LogP contribution in [0.3, 0.4) is 0 Å². The monoisotopic (exact) mass is 403 g/mol. The van der Waals surface area contributed by atoms with Crippen LogP contribution in [-0.2, 0) is 11.3 Å². The van der Waals surface area contributed by atoms with Gasteiger partial charge in [0.15, 0.2) is 0 Å². The highest BCUT2D eigenvalue weighted by Crippen LogP contribution is 2.17. The summed E-state index contributed by atoms with van der Waals surface area (Å²) < 4.78 is 0. The standard InChI is InChI=1S/C25H29N3O2/c1-4-28(5-2)25(30)22-11-8-12-23(16-22)26-24(29)18-27(3)17-19-13-14-20-9-6-7-10-21(20)15-19/h6-16H,4-5,17-18H2,1-3H3,(H,26,29). The molecule has 30 heavy (non-hydrogen) atoms. The molecule has 0 heterocycles. The summed E-state index contributed by atoms with van der Waals surface area (Å²) in [6.45, 7) is 6.17. The largest absolute Gasteiger partial charge is 0.339 e. The van der Waals surface area contributed by atoms with Crippen LogP contribution >= 0.6 is 0 Å². The average molecular weight is 404 g/mol. The SMILES string of the molecule is CCN(CC)C(=O)c1cccc(NC(=O)CN(C)Cc2ccc3ccccc3c2)c1. The van der Waals surface area contributed by atoms with Gasteiger partial charge in [-0.2, -0.15) is 0 Å². The summed E-state index contributed by atoms with van der Waals surface area (Å²) >= 11 is 0. The molecule has 1 N–H and O–H groups in total. The zero-order valence-electron chi connectivity index (χ0n) is 17.9. The molecule has 3 aromatic carbocycles. The Morgan fingerprint density at radius 3 is 2.33 bits per heavy atom. The molecular formula is C25H29N3O2. The molecule has 0 atom stereocenters. The average Bonchev–Trinajstić information content (AvgIpc) is 2.74. The number of nitrogens with one attached hydrogen (secondary N) is 1. The molecule has 0 unspecified atom stereocenters. The second-order valence-electron chi connectivity index (χ2n) is 7.46. The van der Waals surface area contributed by atoms with Gasteiger partial charge in [0.2, 0.25) is 5.91 Å². The smallest absolute Gasteiger partial charge is 0.253 e. The van der Waals surface area contributed by atoms with Gasteiger partial charge in [-0.05, 0) is 61.5 Å². The Balaban J connectivity index is 1.59. The molecule has 3 aromatic rings. The van der Waals surface area contributed by atoms with Crippen molar-refractivity contribution in [2.45, 2.75) is 20.4 Å². The summed E-state index contributed by atoms with van der Waals surface area (Å²) in [4.78, 5) is 28.8. The van der Waals surface area contributed by atoms with Crippen LogP contribution in [0.15, 0.2) is 66.7 Å². The fourth-order valence-electron chi connectivity index (χ4n) is 3.57. The van der Waals surface area contributed by atoms with Crippen LogP contribution in [0.5, 0.6) is 0 Å². The Hall–Kier alpha value is -3.18. The molecule has 0 bridgehead atoms. The van der Waals surface area contributed by atoms with Crippen molar-refractivity contribution < 1.29 is 9.59 Å². The Bertz CT molecular complexity index is 1030. The third-order valence-corrected chi connectivity index (χ3v) is 5.12. The normalized spacial score (nSPS) is 10.9. The lowest BCUT2D eigenvalue weighted by Gasteiger charge is -2.19. The van der Waals surface area contributed by atoms with Gasteiger partial charge >= 0.3 is 0 Å². The molecule has 5 heteroatoms. The number of fused-ring (bicyclic) bond motifs is 1. The molecule has 0 aliphatic heterocycles. The van der Waals surface area contributed by atoms with E-state index in [4.69, 9.17) is 0 Å². The lowest BCUT2D eigenvalue weighted by molar-refractivity contribution is -0.117. The molecule has 2 amide bonds. The minimum atomic E-state index is -0.106. The van der Waals surface area contributed by atoms with Crippen molar-refractivity contribution in [3.8, 4) is 0 Å². The number of hydrogen-bond acceptors (Lipinski definition) is 3. The van der Waals surface area contributed by atoms with E-state index in [0.29, 0.717) is 30.9 Å². The van der Waals surface area contributed by atoms with E-state index in [1.807, 2.05) is 37.9 Å². The summed E-state index contributed by atoms with van der Waals surface area (Å²) in [6, 6.07) is 21.7. The lowest BCUT2D eigenvalue weighted by Crippen LogP contribution is -2.31. The van der Waals surface area contributed by atoms with Crippen LogP contribution in [0.2, 0.25) is 0 Å². The van der Waals surface area contributed by atoms with E-state index in [1.165, 1.54) is 10.8 Å². The van der Waals surface area contributed by atoms with Crippen molar-refractivity contribution >= 4 is 28.3 Å². The summed E-state index contributed by atoms with van der Waals surface area (Å²) in [5.74, 6) is -0.129. The van der Waals surface area contributed by atoms with Gasteiger partial charge in [-0.3, -0.25) is 14.5 Å². The van der Waals surface area contributed by atoms with Gasteiger partial charge in [0.25, 0.3) is 5.91 Å². The summed E-state index contributed by atoms with van der Waals surface area (Å²) in [6.07, 6.45) is 0. The lowest BCUT2D eigenvalue weighted by atomic mass is 10.1. The second kappa shape index (κ2) is 10.0. The minimum Gasteiger partial charge on any atom is -0.339 e. The number of hydrogen-bond donors (Lipinski definition) is 1. The summed E-state index contributed by atoms with van der Waals surface area (Å²) in [5, 5.41) is 5.31. The molecule has 3 rings (SSSR count). The molecule has 0 aromatic heterocycles. The van der Waals surface area contributed by atoms with Crippen LogP contribution in [0, 0.1) is 0 Å². The highest BCUT2D eigenvalue weighted by Gasteiger charge is 2.14. The van der Waals surface area contributed by atoms with Gasteiger partial charge in [-0.1, -0.05) is 42.5 Å². The molecule has 156 valence electrons. The summed E-state index contributed by atoms with van der Waals surface area (Å²) in [5.41, 5.74) is 2.38. The third-order valence-electron chi connectivity index (χ3n) is 5.12. The maximum atomic E-state index is 12.5. The highest BCUT2D eigenvalue weighted by atomic mass is 16.2. The Morgan fingerprint density at radius 2 is 1.60 bits per heavy atom. The molecule has 0 spiro atoms. The molecular weight excluding hydrogens is 374 g/mol. The van der Waals surface area contributed by atoms with Crippen LogP contribution in [0.1, 0.15) is 29.8 Å². The number of benzene rings is 3. The van der Waals surface area contributed by atoms with Gasteiger partial charge in [0.05, 0.1) is 6.54 Å². The molecule has 0 aliphatic rings. The van der Waals surface area contributed by atoms with Gasteiger partial charge in [0.1, 0.15) is 0 Å². The molecule has 0 aliphatic carbocycles. The number of carbonyl (C=O) groups excluding carboxylic acids is 2. The highest BCUT2D eigenvalue weighted by molar-refractivity contribution is 5.97. The van der Waals surface area contributed by atoms with Crippen LogP contribution in [0.25, 0.3) is 10.8 Å². The third kappa shape index (κ3) is 5.45. The number of nitrogens with zero attached hydrogens (tertiary/aromatic N) is 2. The summed E-state index contributed by atoms with van der Waals surface area (Å²) in [7, 11) is 1.93. The number of likely N-dealkylation sites (N-methyl/N-ethyl adjacent to an activating group) is 1. The van der Waals surface area contributed by atoms with E-state index in [0.717, 1.165) is 5.56 Å². The predicted molar refractivity (Wildman–Crippen MR) is 123 cm³/mol. The van der Waals surface area contributed by atoms with Crippen molar-refractivity contribution in [3.63, 3.8) is 0 Å². The first-order valence-corrected chi connectivity index (χ1v) is 10.4. The van der Waals surface area contributed by atoms with Gasteiger partial charge in [-0.25, -0.2) is 0 Å². The quantitative estimate of drug-likeness (QED) is 0.607. The molecule has 5 nitrogen and oxygen atoms in total. The van der Waals surface area contributed by atoms with Gasteiger partial charge < -0.3 is 10.2 Å². The van der Waals surface area contributed by atoms with Crippen LogP contribution in [-0.4, -0.2) is 48.3 Å². The molecule has 0 saturated carbocycles. The first kappa shape index (κ1) is 21.5. The van der Waals surface area contributed by atoms with E-state index < -0.39 is 0 Å². The Labute approximate surface area is 178 Å². The van der Waals surface area contributed by atoms with Crippen LogP contribution in [0.4, 0.5) is 5.69 Å². The first-order valence-electron chi connectivity index (χ1n) is 10.4. The fourth-order valence-corrected chi connectivity index (χ4v) is 3.57. The maximum absolute atomic E-state index is 12.5. The zero-order chi connectivity index (χ0) is 21.5. The van der Waals surface area contributed by atoms with Crippen molar-refractivity contribution in [1.82, 2.24) is 9.80 Å². The van der Waals surface area contributed by atoms with Gasteiger partial charge in [0, 0.05) is 30.9 Å². The topological polar surface area (TPSA) is 52.7 Å². The number of rotatable bonds is 8. The first-order chi connectivity index (χ1) is 14.5. The zero-order valence-corrected chi connectivity index (χ0v) is 17.9. The van der Waals surface area contributed by atoms with E-state index in [9.17, 15) is 9.59 Å². The van der Waals surface area contributed by atoms with Gasteiger partial charge in [-0.15, -0.1) is 0 Å². The van der Waals surface area contributed by atoms with E-state index in [1.54, 1.807) is 29.2 Å². The van der Waals surface area contributed by atoms with Crippen LogP contribution < -0.4 is 5.32 Å². The number of anilines is 1. The number of amides is 2. The van der Waals surface area contributed by atoms with Crippen molar-refractivity contribution in [1.29, 1.82) is 0 Å².